The Morgan fingerprint density at radius 2 is 1.77 bits per heavy atom. The van der Waals surface area contributed by atoms with Crippen LogP contribution in [-0.2, 0) is 17.9 Å². The topological polar surface area (TPSA) is 70.5 Å². The van der Waals surface area contributed by atoms with Gasteiger partial charge in [0.05, 0.1) is 17.6 Å². The number of carbonyl (C=O) groups excluding carboxylic acids is 2. The molecule has 2 heterocycles. The van der Waals surface area contributed by atoms with Crippen LogP contribution in [0.15, 0.2) is 48.5 Å². The Morgan fingerprint density at radius 1 is 1.03 bits per heavy atom. The molecule has 30 heavy (non-hydrogen) atoms. The third kappa shape index (κ3) is 4.21. The Bertz CT molecular complexity index is 1050. The fourth-order valence-corrected chi connectivity index (χ4v) is 4.01. The number of imidazole rings is 1. The van der Waals surface area contributed by atoms with Crippen LogP contribution < -0.4 is 5.32 Å². The number of nitrogens with one attached hydrogen (secondary N) is 1. The quantitative estimate of drug-likeness (QED) is 0.709. The first-order chi connectivity index (χ1) is 14.5. The van der Waals surface area contributed by atoms with Crippen LogP contribution in [0.4, 0.5) is 5.69 Å². The molecule has 156 valence electrons. The van der Waals surface area contributed by atoms with Crippen molar-refractivity contribution in [3.05, 3.63) is 59.9 Å². The van der Waals surface area contributed by atoms with E-state index in [1.54, 1.807) is 0 Å². The Morgan fingerprint density at radius 3 is 2.43 bits per heavy atom. The van der Waals surface area contributed by atoms with Gasteiger partial charge in [-0.15, -0.1) is 0 Å². The van der Waals surface area contributed by atoms with E-state index in [1.165, 1.54) is 6.92 Å². The molecule has 0 spiro atoms. The molecular weight excluding hydrogens is 378 g/mol. The molecule has 0 saturated carbocycles. The molecule has 4 rings (SSSR count). The highest BCUT2D eigenvalue weighted by Gasteiger charge is 2.23. The number of anilines is 1. The van der Waals surface area contributed by atoms with E-state index in [-0.39, 0.29) is 11.8 Å². The molecule has 3 aromatic rings. The number of aromatic nitrogens is 2. The van der Waals surface area contributed by atoms with Gasteiger partial charge in [-0.05, 0) is 37.3 Å². The number of amides is 2. The molecule has 2 aromatic carbocycles. The lowest BCUT2D eigenvalue weighted by atomic mass is 10.2. The van der Waals surface area contributed by atoms with Gasteiger partial charge in [-0.1, -0.05) is 18.2 Å². The number of benzene rings is 2. The van der Waals surface area contributed by atoms with Crippen molar-refractivity contribution in [3.8, 4) is 0 Å². The van der Waals surface area contributed by atoms with Gasteiger partial charge in [0.15, 0.2) is 0 Å². The van der Waals surface area contributed by atoms with Crippen LogP contribution in [0.2, 0.25) is 0 Å². The lowest BCUT2D eigenvalue weighted by Crippen LogP contribution is -2.48. The fourth-order valence-electron chi connectivity index (χ4n) is 4.01. The molecule has 1 N–H and O–H groups in total. The minimum Gasteiger partial charge on any atom is -0.336 e. The third-order valence-corrected chi connectivity index (χ3v) is 5.51. The molecule has 1 saturated heterocycles. The highest BCUT2D eigenvalue weighted by atomic mass is 16.2. The number of carbonyl (C=O) groups is 2. The van der Waals surface area contributed by atoms with Gasteiger partial charge in [-0.2, -0.15) is 0 Å². The van der Waals surface area contributed by atoms with Crippen molar-refractivity contribution in [2.75, 3.05) is 31.5 Å². The molecule has 1 aliphatic heterocycles. The molecule has 0 atom stereocenters. The Balaban J connectivity index is 1.44. The summed E-state index contributed by atoms with van der Waals surface area (Å²) in [5, 5.41) is 2.82. The number of hydrogen-bond donors (Lipinski definition) is 1. The lowest BCUT2D eigenvalue weighted by Gasteiger charge is -2.34. The summed E-state index contributed by atoms with van der Waals surface area (Å²) in [6, 6.07) is 15.3. The van der Waals surface area contributed by atoms with Gasteiger partial charge in [0.2, 0.25) is 5.91 Å². The molecule has 2 amide bonds. The number of aryl methyl sites for hydroxylation is 1. The smallest absolute Gasteiger partial charge is 0.253 e. The summed E-state index contributed by atoms with van der Waals surface area (Å²) in [5.41, 5.74) is 3.46. The second kappa shape index (κ2) is 8.67. The Labute approximate surface area is 176 Å². The van der Waals surface area contributed by atoms with Crippen molar-refractivity contribution in [3.63, 3.8) is 0 Å². The van der Waals surface area contributed by atoms with Gasteiger partial charge in [0, 0.05) is 50.9 Å². The second-order valence-corrected chi connectivity index (χ2v) is 7.59. The van der Waals surface area contributed by atoms with E-state index in [0.29, 0.717) is 13.1 Å². The summed E-state index contributed by atoms with van der Waals surface area (Å²) in [4.78, 5) is 33.1. The molecule has 0 unspecified atom stereocenters. The number of hydrogen-bond acceptors (Lipinski definition) is 4. The fraction of sp³-hybridized carbons (Fsp3) is 0.348. The normalized spacial score (nSPS) is 14.8. The maximum absolute atomic E-state index is 12.7. The highest BCUT2D eigenvalue weighted by Crippen LogP contribution is 2.22. The summed E-state index contributed by atoms with van der Waals surface area (Å²) in [6.07, 6.45) is 0. The minimum atomic E-state index is -0.0904. The maximum Gasteiger partial charge on any atom is 0.253 e. The number of fused-ring (bicyclic) bond motifs is 1. The van der Waals surface area contributed by atoms with Gasteiger partial charge in [0.1, 0.15) is 5.82 Å². The second-order valence-electron chi connectivity index (χ2n) is 7.59. The molecule has 7 nitrogen and oxygen atoms in total. The van der Waals surface area contributed by atoms with Crippen molar-refractivity contribution in [1.29, 1.82) is 0 Å². The zero-order chi connectivity index (χ0) is 21.1. The molecule has 0 radical (unpaired) electrons. The molecule has 1 aromatic heterocycles. The van der Waals surface area contributed by atoms with E-state index < -0.39 is 0 Å². The maximum atomic E-state index is 12.7. The van der Waals surface area contributed by atoms with E-state index in [4.69, 9.17) is 4.98 Å². The average Bonchev–Trinajstić information content (AvgIpc) is 3.10. The number of piperazine rings is 1. The van der Waals surface area contributed by atoms with E-state index >= 15 is 0 Å². The summed E-state index contributed by atoms with van der Waals surface area (Å²) >= 11 is 0. The standard InChI is InChI=1S/C23H27N5O2/c1-3-28-21-10-9-19(24-17(2)29)15-20(21)25-22(28)16-26-11-13-27(14-12-26)23(30)18-7-5-4-6-8-18/h4-10,15H,3,11-14,16H2,1-2H3,(H,24,29). The zero-order valence-corrected chi connectivity index (χ0v) is 17.5. The first-order valence-corrected chi connectivity index (χ1v) is 10.4. The van der Waals surface area contributed by atoms with Crippen molar-refractivity contribution < 1.29 is 9.59 Å². The first-order valence-electron chi connectivity index (χ1n) is 10.4. The third-order valence-electron chi connectivity index (χ3n) is 5.51. The average molecular weight is 406 g/mol. The van der Waals surface area contributed by atoms with Gasteiger partial charge >= 0.3 is 0 Å². The Kier molecular flexibility index (Phi) is 5.81. The molecule has 0 bridgehead atoms. The van der Waals surface area contributed by atoms with Gasteiger partial charge in [0.25, 0.3) is 5.91 Å². The number of rotatable bonds is 5. The van der Waals surface area contributed by atoms with Crippen molar-refractivity contribution in [2.45, 2.75) is 26.9 Å². The zero-order valence-electron chi connectivity index (χ0n) is 17.5. The van der Waals surface area contributed by atoms with Gasteiger partial charge < -0.3 is 14.8 Å². The predicted octanol–water partition coefficient (Wildman–Crippen LogP) is 2.97. The monoisotopic (exact) mass is 405 g/mol. The summed E-state index contributed by atoms with van der Waals surface area (Å²) in [6.45, 7) is 8.26. The lowest BCUT2D eigenvalue weighted by molar-refractivity contribution is -0.114. The molecule has 0 aliphatic carbocycles. The molecular formula is C23H27N5O2. The molecule has 1 aliphatic rings. The first kappa shape index (κ1) is 20.1. The summed E-state index contributed by atoms with van der Waals surface area (Å²) in [5.74, 6) is 1.02. The van der Waals surface area contributed by atoms with E-state index in [2.05, 4.69) is 21.7 Å². The van der Waals surface area contributed by atoms with E-state index in [1.807, 2.05) is 53.4 Å². The van der Waals surface area contributed by atoms with E-state index in [9.17, 15) is 9.59 Å². The largest absolute Gasteiger partial charge is 0.336 e. The molecule has 7 heteroatoms. The van der Waals surface area contributed by atoms with Crippen LogP contribution in [0.25, 0.3) is 11.0 Å². The Hall–Kier alpha value is -3.19. The summed E-state index contributed by atoms with van der Waals surface area (Å²) < 4.78 is 2.22. The van der Waals surface area contributed by atoms with Gasteiger partial charge in [-0.3, -0.25) is 14.5 Å². The van der Waals surface area contributed by atoms with Crippen molar-refractivity contribution in [1.82, 2.24) is 19.4 Å². The highest BCUT2D eigenvalue weighted by molar-refractivity contribution is 5.94. The van der Waals surface area contributed by atoms with E-state index in [0.717, 1.165) is 54.3 Å². The van der Waals surface area contributed by atoms with Gasteiger partial charge in [-0.25, -0.2) is 4.98 Å². The van der Waals surface area contributed by atoms with Crippen LogP contribution in [-0.4, -0.2) is 57.3 Å². The van der Waals surface area contributed by atoms with Crippen molar-refractivity contribution >= 4 is 28.5 Å². The number of nitrogens with zero attached hydrogens (tertiary/aromatic N) is 4. The van der Waals surface area contributed by atoms with Crippen LogP contribution in [0, 0.1) is 0 Å². The molecule has 1 fully saturated rings. The summed E-state index contributed by atoms with van der Waals surface area (Å²) in [7, 11) is 0. The van der Waals surface area contributed by atoms with Crippen molar-refractivity contribution in [2.24, 2.45) is 0 Å². The SMILES string of the molecule is CCn1c(CN2CCN(C(=O)c3ccccc3)CC2)nc2cc(NC(C)=O)ccc21. The van der Waals surface area contributed by atoms with Crippen LogP contribution in [0.3, 0.4) is 0 Å². The predicted molar refractivity (Wildman–Crippen MR) is 117 cm³/mol. The minimum absolute atomic E-state index is 0.0904. The van der Waals surface area contributed by atoms with Crippen LogP contribution >= 0.6 is 0 Å². The van der Waals surface area contributed by atoms with Crippen LogP contribution in [0.1, 0.15) is 30.0 Å². The van der Waals surface area contributed by atoms with Crippen LogP contribution in [0.5, 0.6) is 0 Å².